The van der Waals surface area contributed by atoms with Crippen molar-refractivity contribution in [2.45, 2.75) is 19.8 Å². The van der Waals surface area contributed by atoms with Gasteiger partial charge in [0.2, 0.25) is 0 Å². The Morgan fingerprint density at radius 3 is 2.70 bits per heavy atom. The van der Waals surface area contributed by atoms with Gasteiger partial charge in [-0.25, -0.2) is 4.79 Å². The van der Waals surface area contributed by atoms with Crippen molar-refractivity contribution in [1.82, 2.24) is 5.32 Å². The van der Waals surface area contributed by atoms with E-state index in [2.05, 4.69) is 10.6 Å². The number of ether oxygens (including phenoxy) is 1. The normalized spacial score (nSPS) is 13.9. The molecule has 6 nitrogen and oxygen atoms in total. The summed E-state index contributed by atoms with van der Waals surface area (Å²) in [5.41, 5.74) is 6.39. The highest BCUT2D eigenvalue weighted by molar-refractivity contribution is 7.19. The van der Waals surface area contributed by atoms with Gasteiger partial charge in [-0.1, -0.05) is 0 Å². The van der Waals surface area contributed by atoms with Crippen molar-refractivity contribution in [3.8, 4) is 0 Å². The molecule has 1 aromatic heterocycles. The average Bonchev–Trinajstić information content (AvgIpc) is 3.19. The molecule has 110 valence electrons. The van der Waals surface area contributed by atoms with E-state index < -0.39 is 5.97 Å². The number of nitrogens with two attached hydrogens (primary N) is 1. The van der Waals surface area contributed by atoms with Gasteiger partial charge in [-0.3, -0.25) is 4.79 Å². The van der Waals surface area contributed by atoms with E-state index in [0.717, 1.165) is 6.54 Å². The fourth-order valence-electron chi connectivity index (χ4n) is 1.84. The van der Waals surface area contributed by atoms with Crippen LogP contribution < -0.4 is 16.4 Å². The van der Waals surface area contributed by atoms with E-state index in [-0.39, 0.29) is 17.2 Å². The minimum absolute atomic E-state index is 0.186. The second-order valence-corrected chi connectivity index (χ2v) is 5.74. The molecule has 4 N–H and O–H groups in total. The van der Waals surface area contributed by atoms with Gasteiger partial charge in [-0.05, 0) is 25.7 Å². The van der Waals surface area contributed by atoms with Gasteiger partial charge in [0, 0.05) is 13.1 Å². The highest BCUT2D eigenvalue weighted by Gasteiger charge is 2.27. The SMILES string of the molecule is CCNC(=O)c1sc(NCC2CC2)c(C(=O)OC)c1N. The van der Waals surface area contributed by atoms with E-state index >= 15 is 0 Å². The molecule has 1 aliphatic rings. The highest BCUT2D eigenvalue weighted by Crippen LogP contribution is 2.37. The molecule has 2 rings (SSSR count). The second kappa shape index (κ2) is 6.13. The van der Waals surface area contributed by atoms with E-state index in [1.807, 2.05) is 6.92 Å². The van der Waals surface area contributed by atoms with Crippen LogP contribution in [0.5, 0.6) is 0 Å². The minimum Gasteiger partial charge on any atom is -0.465 e. The number of amides is 1. The Balaban J connectivity index is 2.28. The van der Waals surface area contributed by atoms with Gasteiger partial charge in [0.25, 0.3) is 5.91 Å². The van der Waals surface area contributed by atoms with Gasteiger partial charge in [0.15, 0.2) is 0 Å². The van der Waals surface area contributed by atoms with Crippen LogP contribution in [0.3, 0.4) is 0 Å². The van der Waals surface area contributed by atoms with Crippen LogP contribution in [0, 0.1) is 5.92 Å². The summed E-state index contributed by atoms with van der Waals surface area (Å²) in [6, 6.07) is 0. The van der Waals surface area contributed by atoms with Crippen LogP contribution >= 0.6 is 11.3 Å². The van der Waals surface area contributed by atoms with Gasteiger partial charge < -0.3 is 21.1 Å². The number of thiophene rings is 1. The van der Waals surface area contributed by atoms with Crippen LogP contribution in [-0.2, 0) is 4.74 Å². The fraction of sp³-hybridized carbons (Fsp3) is 0.538. The van der Waals surface area contributed by atoms with E-state index in [9.17, 15) is 9.59 Å². The number of carbonyl (C=O) groups is 2. The predicted octanol–water partition coefficient (Wildman–Crippen LogP) is 1.69. The number of nitrogen functional groups attached to an aromatic ring is 1. The molecule has 0 radical (unpaired) electrons. The second-order valence-electron chi connectivity index (χ2n) is 4.72. The van der Waals surface area contributed by atoms with E-state index in [1.165, 1.54) is 31.3 Å². The molecule has 0 bridgehead atoms. The first kappa shape index (κ1) is 14.6. The number of hydrogen-bond donors (Lipinski definition) is 3. The Morgan fingerprint density at radius 2 is 2.15 bits per heavy atom. The van der Waals surface area contributed by atoms with Crippen LogP contribution in [0.15, 0.2) is 0 Å². The number of hydrogen-bond acceptors (Lipinski definition) is 6. The zero-order valence-electron chi connectivity index (χ0n) is 11.6. The molecule has 0 aliphatic heterocycles. The fourth-order valence-corrected chi connectivity index (χ4v) is 2.87. The molecule has 1 aliphatic carbocycles. The van der Waals surface area contributed by atoms with Crippen LogP contribution in [-0.4, -0.2) is 32.1 Å². The van der Waals surface area contributed by atoms with Crippen molar-refractivity contribution in [3.05, 3.63) is 10.4 Å². The van der Waals surface area contributed by atoms with E-state index in [1.54, 1.807) is 0 Å². The maximum Gasteiger partial charge on any atom is 0.343 e. The number of nitrogens with one attached hydrogen (secondary N) is 2. The third-order valence-corrected chi connectivity index (χ3v) is 4.29. The number of anilines is 2. The highest BCUT2D eigenvalue weighted by atomic mass is 32.1. The molecular formula is C13H19N3O3S. The molecule has 7 heteroatoms. The number of rotatable bonds is 6. The van der Waals surface area contributed by atoms with Crippen molar-refractivity contribution in [1.29, 1.82) is 0 Å². The first-order valence-corrected chi connectivity index (χ1v) is 7.42. The standard InChI is InChI=1S/C13H19N3O3S/c1-3-15-11(17)10-9(14)8(13(18)19-2)12(20-10)16-6-7-4-5-7/h7,16H,3-6,14H2,1-2H3,(H,15,17). The minimum atomic E-state index is -0.521. The Morgan fingerprint density at radius 1 is 1.45 bits per heavy atom. The quantitative estimate of drug-likeness (QED) is 0.695. The van der Waals surface area contributed by atoms with Crippen LogP contribution in [0.4, 0.5) is 10.7 Å². The van der Waals surface area contributed by atoms with Gasteiger partial charge in [0.1, 0.15) is 15.4 Å². The summed E-state index contributed by atoms with van der Waals surface area (Å²) in [6.07, 6.45) is 2.40. The van der Waals surface area contributed by atoms with Crippen LogP contribution in [0.2, 0.25) is 0 Å². The molecule has 0 aromatic carbocycles. The molecule has 20 heavy (non-hydrogen) atoms. The zero-order chi connectivity index (χ0) is 14.7. The zero-order valence-corrected chi connectivity index (χ0v) is 12.4. The summed E-state index contributed by atoms with van der Waals surface area (Å²) in [6.45, 7) is 3.13. The maximum absolute atomic E-state index is 11.9. The summed E-state index contributed by atoms with van der Waals surface area (Å²) in [7, 11) is 1.30. The number of methoxy groups -OCH3 is 1. The number of carbonyl (C=O) groups excluding carboxylic acids is 2. The maximum atomic E-state index is 11.9. The summed E-state index contributed by atoms with van der Waals surface area (Å²) in [5.74, 6) is -0.135. The van der Waals surface area contributed by atoms with Gasteiger partial charge in [0.05, 0.1) is 12.8 Å². The monoisotopic (exact) mass is 297 g/mol. The molecule has 1 heterocycles. The first-order chi connectivity index (χ1) is 9.58. The smallest absolute Gasteiger partial charge is 0.343 e. The largest absolute Gasteiger partial charge is 0.465 e. The molecule has 0 spiro atoms. The summed E-state index contributed by atoms with van der Waals surface area (Å²) in [5, 5.41) is 6.51. The van der Waals surface area contributed by atoms with E-state index in [0.29, 0.717) is 22.3 Å². The lowest BCUT2D eigenvalue weighted by atomic mass is 10.2. The lowest BCUT2D eigenvalue weighted by Gasteiger charge is -2.05. The third kappa shape index (κ3) is 3.04. The molecule has 1 fully saturated rings. The molecule has 0 atom stereocenters. The molecule has 0 saturated heterocycles. The summed E-state index contributed by atoms with van der Waals surface area (Å²) >= 11 is 1.20. The van der Waals surface area contributed by atoms with Gasteiger partial charge >= 0.3 is 5.97 Å². The van der Waals surface area contributed by atoms with Crippen LogP contribution in [0.25, 0.3) is 0 Å². The Bertz CT molecular complexity index is 523. The lowest BCUT2D eigenvalue weighted by Crippen LogP contribution is -2.22. The third-order valence-electron chi connectivity index (χ3n) is 3.13. The van der Waals surface area contributed by atoms with Gasteiger partial charge in [-0.2, -0.15) is 0 Å². The Labute approximate surface area is 121 Å². The summed E-state index contributed by atoms with van der Waals surface area (Å²) < 4.78 is 4.75. The van der Waals surface area contributed by atoms with Crippen molar-refractivity contribution in [2.75, 3.05) is 31.2 Å². The summed E-state index contributed by atoms with van der Waals surface area (Å²) in [4.78, 5) is 24.1. The number of esters is 1. The topological polar surface area (TPSA) is 93.5 Å². The Kier molecular flexibility index (Phi) is 4.49. The molecule has 1 aromatic rings. The Hall–Kier alpha value is -1.76. The predicted molar refractivity (Wildman–Crippen MR) is 79.3 cm³/mol. The molecule has 1 saturated carbocycles. The van der Waals surface area contributed by atoms with Crippen molar-refractivity contribution >= 4 is 33.9 Å². The van der Waals surface area contributed by atoms with Crippen molar-refractivity contribution in [3.63, 3.8) is 0 Å². The van der Waals surface area contributed by atoms with Crippen molar-refractivity contribution < 1.29 is 14.3 Å². The average molecular weight is 297 g/mol. The first-order valence-electron chi connectivity index (χ1n) is 6.61. The molecule has 0 unspecified atom stereocenters. The van der Waals surface area contributed by atoms with Crippen LogP contribution in [0.1, 0.15) is 39.8 Å². The van der Waals surface area contributed by atoms with Crippen molar-refractivity contribution in [2.24, 2.45) is 5.92 Å². The lowest BCUT2D eigenvalue weighted by molar-refractivity contribution is 0.0603. The van der Waals surface area contributed by atoms with E-state index in [4.69, 9.17) is 10.5 Å². The van der Waals surface area contributed by atoms with Gasteiger partial charge in [-0.15, -0.1) is 11.3 Å². The molecular weight excluding hydrogens is 278 g/mol. The molecule has 1 amide bonds.